The summed E-state index contributed by atoms with van der Waals surface area (Å²) in [6.45, 7) is 5.69. The van der Waals surface area contributed by atoms with Crippen LogP contribution < -0.4 is 9.47 Å². The Labute approximate surface area is 244 Å². The first-order valence-corrected chi connectivity index (χ1v) is 15.7. The number of epoxide rings is 2. The van der Waals surface area contributed by atoms with Crippen LogP contribution in [0.25, 0.3) is 0 Å². The Kier molecular flexibility index (Phi) is 4.23. The van der Waals surface area contributed by atoms with Crippen LogP contribution in [-0.4, -0.2) is 58.9 Å². The van der Waals surface area contributed by atoms with E-state index in [2.05, 4.69) is 26.0 Å². The standard InChI is InChI=1S/C34H36O8/c1-28(2,29-16-13-25(39-29)33-20-5-9-22(10-6-20)37-17-3-14-30(29,33)41-33)32-19-24(27(35)36)26(40-32)34-21-7-11-23(12-8-21)38-18-4-15-31(32,34)42-34/h5-12,24-26H,3-4,13-19H2,1-2H3,(H,35,36). The summed E-state index contributed by atoms with van der Waals surface area (Å²) in [6.07, 6.45) is 4.63. The van der Waals surface area contributed by atoms with Crippen LogP contribution in [0.3, 0.4) is 0 Å². The van der Waals surface area contributed by atoms with Gasteiger partial charge < -0.3 is 33.5 Å². The molecule has 9 unspecified atom stereocenters. The molecule has 0 aliphatic carbocycles. The Bertz CT molecular complexity index is 1540. The summed E-state index contributed by atoms with van der Waals surface area (Å²) in [6, 6.07) is 16.4. The number of rotatable bonds is 3. The van der Waals surface area contributed by atoms with Crippen LogP contribution in [0.4, 0.5) is 0 Å². The predicted molar refractivity (Wildman–Crippen MR) is 147 cm³/mol. The average molecular weight is 573 g/mol. The number of ether oxygens (including phenoxy) is 6. The quantitative estimate of drug-likeness (QED) is 0.521. The van der Waals surface area contributed by atoms with Gasteiger partial charge in [-0.2, -0.15) is 0 Å². The van der Waals surface area contributed by atoms with Gasteiger partial charge in [0.25, 0.3) is 0 Å². The van der Waals surface area contributed by atoms with Gasteiger partial charge in [0.2, 0.25) is 0 Å². The van der Waals surface area contributed by atoms with Gasteiger partial charge in [0.1, 0.15) is 40.0 Å². The van der Waals surface area contributed by atoms with E-state index in [4.69, 9.17) is 28.4 Å². The van der Waals surface area contributed by atoms with Crippen molar-refractivity contribution in [3.63, 3.8) is 0 Å². The van der Waals surface area contributed by atoms with Gasteiger partial charge >= 0.3 is 5.97 Å². The molecule has 6 saturated heterocycles. The summed E-state index contributed by atoms with van der Waals surface area (Å²) >= 11 is 0. The van der Waals surface area contributed by atoms with E-state index >= 15 is 0 Å². The summed E-state index contributed by atoms with van der Waals surface area (Å²) in [5.74, 6) is 0.197. The van der Waals surface area contributed by atoms with Crippen LogP contribution in [-0.2, 0) is 34.9 Å². The predicted octanol–water partition coefficient (Wildman–Crippen LogP) is 4.86. The van der Waals surface area contributed by atoms with Crippen molar-refractivity contribution in [1.29, 1.82) is 0 Å². The fourth-order valence-electron chi connectivity index (χ4n) is 11.4. The van der Waals surface area contributed by atoms with Crippen molar-refractivity contribution in [2.45, 2.75) is 105 Å². The van der Waals surface area contributed by atoms with E-state index in [1.165, 1.54) is 0 Å². The molecule has 10 aliphatic rings. The summed E-state index contributed by atoms with van der Waals surface area (Å²) < 4.78 is 40.9. The SMILES string of the molecule is CC(C)(C12CCC(O1)C13OC12CCCOc1ccc3cc1)C12CC(C(=O)O)C(O1)C13OC12CCCOc1ccc3cc1. The van der Waals surface area contributed by atoms with E-state index < -0.39 is 57.0 Å². The molecule has 10 heterocycles. The average Bonchev–Trinajstić information content (AvgIpc) is 3.63. The van der Waals surface area contributed by atoms with E-state index in [0.717, 1.165) is 61.2 Å². The Morgan fingerprint density at radius 3 is 1.98 bits per heavy atom. The molecule has 1 N–H and O–H groups in total. The van der Waals surface area contributed by atoms with Crippen LogP contribution in [0.15, 0.2) is 48.5 Å². The molecule has 12 rings (SSSR count). The molecule has 0 saturated carbocycles. The molecule has 0 spiro atoms. The number of carbonyl (C=O) groups is 1. The molecule has 8 nitrogen and oxygen atoms in total. The lowest BCUT2D eigenvalue weighted by Gasteiger charge is -2.56. The third-order valence-corrected chi connectivity index (χ3v) is 13.0. The summed E-state index contributed by atoms with van der Waals surface area (Å²) in [7, 11) is 0. The molecule has 8 bridgehead atoms. The Balaban J connectivity index is 1.17. The highest BCUT2D eigenvalue weighted by molar-refractivity contribution is 5.74. The van der Waals surface area contributed by atoms with Crippen LogP contribution in [0.2, 0.25) is 0 Å². The van der Waals surface area contributed by atoms with Gasteiger partial charge in [0, 0.05) is 5.41 Å². The fourth-order valence-corrected chi connectivity index (χ4v) is 11.4. The van der Waals surface area contributed by atoms with Crippen molar-refractivity contribution in [2.24, 2.45) is 11.3 Å². The van der Waals surface area contributed by atoms with E-state index in [-0.39, 0.29) is 6.10 Å². The molecule has 10 aliphatic heterocycles. The lowest BCUT2D eigenvalue weighted by Crippen LogP contribution is -2.69. The van der Waals surface area contributed by atoms with Gasteiger partial charge in [-0.05, 0) is 80.3 Å². The first kappa shape index (κ1) is 24.8. The lowest BCUT2D eigenvalue weighted by atomic mass is 9.47. The minimum absolute atomic E-state index is 0.0689. The molecular weight excluding hydrogens is 536 g/mol. The first-order chi connectivity index (χ1) is 20.2. The van der Waals surface area contributed by atoms with E-state index in [1.54, 1.807) is 0 Å². The van der Waals surface area contributed by atoms with E-state index in [1.807, 2.05) is 36.4 Å². The van der Waals surface area contributed by atoms with Gasteiger partial charge in [0.05, 0.1) is 25.2 Å². The normalized spacial score (nSPS) is 48.4. The van der Waals surface area contributed by atoms with E-state index in [9.17, 15) is 9.90 Å². The number of carboxylic acids is 1. The van der Waals surface area contributed by atoms with Crippen LogP contribution in [0, 0.1) is 11.3 Å². The third kappa shape index (κ3) is 2.24. The fraction of sp³-hybridized carbons (Fsp3) is 0.618. The lowest BCUT2D eigenvalue weighted by molar-refractivity contribution is -0.246. The van der Waals surface area contributed by atoms with Crippen molar-refractivity contribution >= 4 is 5.97 Å². The maximum absolute atomic E-state index is 12.9. The van der Waals surface area contributed by atoms with Gasteiger partial charge in [-0.3, -0.25) is 4.79 Å². The molecule has 2 aromatic carbocycles. The van der Waals surface area contributed by atoms with Crippen LogP contribution in [0.1, 0.15) is 69.9 Å². The first-order valence-electron chi connectivity index (χ1n) is 15.7. The molecule has 0 radical (unpaired) electrons. The van der Waals surface area contributed by atoms with Crippen molar-refractivity contribution < 1.29 is 38.3 Å². The van der Waals surface area contributed by atoms with Crippen molar-refractivity contribution in [1.82, 2.24) is 0 Å². The minimum atomic E-state index is -0.896. The zero-order valence-corrected chi connectivity index (χ0v) is 24.0. The molecule has 9 atom stereocenters. The van der Waals surface area contributed by atoms with Crippen molar-refractivity contribution in [3.05, 3.63) is 59.7 Å². The number of carboxylic acid groups (broad SMARTS) is 1. The maximum atomic E-state index is 12.9. The summed E-state index contributed by atoms with van der Waals surface area (Å²) in [5, 5.41) is 10.6. The number of hydrogen-bond donors (Lipinski definition) is 1. The molecular formula is C34H36O8. The number of hydrogen-bond acceptors (Lipinski definition) is 7. The Morgan fingerprint density at radius 2 is 1.36 bits per heavy atom. The maximum Gasteiger partial charge on any atom is 0.309 e. The second-order valence-corrected chi connectivity index (χ2v) is 14.4. The van der Waals surface area contributed by atoms with Gasteiger partial charge in [-0.15, -0.1) is 0 Å². The van der Waals surface area contributed by atoms with Crippen molar-refractivity contribution in [3.8, 4) is 11.5 Å². The highest BCUT2D eigenvalue weighted by Crippen LogP contribution is 2.86. The summed E-state index contributed by atoms with van der Waals surface area (Å²) in [4.78, 5) is 12.9. The molecule has 0 aromatic heterocycles. The highest BCUT2D eigenvalue weighted by Gasteiger charge is 3.00. The second-order valence-electron chi connectivity index (χ2n) is 14.4. The zero-order valence-electron chi connectivity index (χ0n) is 24.0. The molecule has 8 heteroatoms. The number of benzene rings is 2. The monoisotopic (exact) mass is 572 g/mol. The Morgan fingerprint density at radius 1 is 0.786 bits per heavy atom. The molecule has 0 amide bonds. The van der Waals surface area contributed by atoms with Crippen LogP contribution >= 0.6 is 0 Å². The number of fused-ring (bicyclic) bond motifs is 14. The molecule has 6 fully saturated rings. The molecule has 42 heavy (non-hydrogen) atoms. The number of aliphatic carboxylic acids is 1. The topological polar surface area (TPSA) is 99.3 Å². The zero-order chi connectivity index (χ0) is 28.4. The molecule has 220 valence electrons. The van der Waals surface area contributed by atoms with Crippen LogP contribution in [0.5, 0.6) is 11.5 Å². The second kappa shape index (κ2) is 7.17. The largest absolute Gasteiger partial charge is 0.494 e. The molecule has 2 aromatic rings. The Hall–Kier alpha value is -2.65. The third-order valence-electron chi connectivity index (χ3n) is 13.0. The van der Waals surface area contributed by atoms with Gasteiger partial charge in [-0.25, -0.2) is 0 Å². The van der Waals surface area contributed by atoms with Gasteiger partial charge in [0.15, 0.2) is 11.2 Å². The van der Waals surface area contributed by atoms with Gasteiger partial charge in [-0.1, -0.05) is 38.1 Å². The van der Waals surface area contributed by atoms with E-state index in [0.29, 0.717) is 19.6 Å². The summed E-state index contributed by atoms with van der Waals surface area (Å²) in [5.41, 5.74) is -2.68. The highest BCUT2D eigenvalue weighted by atomic mass is 16.7. The minimum Gasteiger partial charge on any atom is -0.494 e. The van der Waals surface area contributed by atoms with Crippen molar-refractivity contribution in [2.75, 3.05) is 13.2 Å². The smallest absolute Gasteiger partial charge is 0.309 e.